The normalized spacial score (nSPS) is 26.0. The summed E-state index contributed by atoms with van der Waals surface area (Å²) in [6.07, 6.45) is 5.02. The number of nitrogens with one attached hydrogen (secondary N) is 1. The van der Waals surface area contributed by atoms with E-state index in [-0.39, 0.29) is 42.1 Å². The lowest BCUT2D eigenvalue weighted by Crippen LogP contribution is -2.41. The molecule has 2 fully saturated rings. The van der Waals surface area contributed by atoms with Gasteiger partial charge < -0.3 is 9.73 Å². The van der Waals surface area contributed by atoms with E-state index in [4.69, 9.17) is 4.42 Å². The Kier molecular flexibility index (Phi) is 4.00. The first-order chi connectivity index (χ1) is 10.6. The molecular formula is C16H20N2O4. The quantitative estimate of drug-likeness (QED) is 0.857. The van der Waals surface area contributed by atoms with Crippen LogP contribution in [0.1, 0.15) is 44.4 Å². The molecule has 3 rings (SSSR count). The zero-order chi connectivity index (χ0) is 15.7. The number of carbonyl (C=O) groups excluding carboxylic acids is 3. The number of carbonyl (C=O) groups is 3. The molecule has 0 spiro atoms. The standard InChI is InChI=1S/C16H20N2O4/c1-10(13-7-4-8-22-13)17-14(19)9-18-15(20)11-5-2-3-6-12(11)16(18)21/h4,7-8,10-12H,2-3,5-6,9H2,1H3,(H,17,19). The molecule has 6 heteroatoms. The maximum Gasteiger partial charge on any atom is 0.240 e. The molecule has 2 heterocycles. The van der Waals surface area contributed by atoms with E-state index in [0.29, 0.717) is 5.76 Å². The van der Waals surface area contributed by atoms with Crippen LogP contribution in [0.25, 0.3) is 0 Å². The van der Waals surface area contributed by atoms with Gasteiger partial charge in [-0.15, -0.1) is 0 Å². The molecule has 3 amide bonds. The van der Waals surface area contributed by atoms with Crippen molar-refractivity contribution in [3.63, 3.8) is 0 Å². The Bertz CT molecular complexity index is 557. The first kappa shape index (κ1) is 14.8. The summed E-state index contributed by atoms with van der Waals surface area (Å²) in [6.45, 7) is 1.60. The number of hydrogen-bond donors (Lipinski definition) is 1. The summed E-state index contributed by atoms with van der Waals surface area (Å²) in [5, 5.41) is 2.75. The third-order valence-corrected chi connectivity index (χ3v) is 4.58. The Morgan fingerprint density at radius 3 is 2.50 bits per heavy atom. The van der Waals surface area contributed by atoms with Crippen LogP contribution in [0.4, 0.5) is 0 Å². The number of hydrogen-bond acceptors (Lipinski definition) is 4. The minimum absolute atomic E-state index is 0.185. The summed E-state index contributed by atoms with van der Waals surface area (Å²) < 4.78 is 5.22. The van der Waals surface area contributed by atoms with Crippen LogP contribution in [0.15, 0.2) is 22.8 Å². The maximum absolute atomic E-state index is 12.3. The van der Waals surface area contributed by atoms with Gasteiger partial charge in [-0.2, -0.15) is 0 Å². The second-order valence-corrected chi connectivity index (χ2v) is 6.06. The molecule has 0 aromatic carbocycles. The smallest absolute Gasteiger partial charge is 0.240 e. The van der Waals surface area contributed by atoms with Crippen molar-refractivity contribution in [3.8, 4) is 0 Å². The molecule has 0 bridgehead atoms. The predicted molar refractivity (Wildman–Crippen MR) is 77.4 cm³/mol. The van der Waals surface area contributed by atoms with Crippen LogP contribution in [0.2, 0.25) is 0 Å². The van der Waals surface area contributed by atoms with Crippen LogP contribution >= 0.6 is 0 Å². The second kappa shape index (κ2) is 5.94. The molecular weight excluding hydrogens is 284 g/mol. The van der Waals surface area contributed by atoms with Gasteiger partial charge in [-0.05, 0) is 31.9 Å². The van der Waals surface area contributed by atoms with Gasteiger partial charge in [0.25, 0.3) is 0 Å². The van der Waals surface area contributed by atoms with E-state index in [1.54, 1.807) is 19.1 Å². The molecule has 22 heavy (non-hydrogen) atoms. The van der Waals surface area contributed by atoms with Crippen molar-refractivity contribution in [1.82, 2.24) is 10.2 Å². The maximum atomic E-state index is 12.3. The fourth-order valence-electron chi connectivity index (χ4n) is 3.43. The van der Waals surface area contributed by atoms with E-state index >= 15 is 0 Å². The van der Waals surface area contributed by atoms with Gasteiger partial charge >= 0.3 is 0 Å². The Morgan fingerprint density at radius 1 is 1.32 bits per heavy atom. The molecule has 118 valence electrons. The fraction of sp³-hybridized carbons (Fsp3) is 0.562. The highest BCUT2D eigenvalue weighted by molar-refractivity contribution is 6.07. The summed E-state index contributed by atoms with van der Waals surface area (Å²) >= 11 is 0. The number of imide groups is 1. The van der Waals surface area contributed by atoms with Gasteiger partial charge in [0.15, 0.2) is 0 Å². The van der Waals surface area contributed by atoms with Crippen molar-refractivity contribution in [3.05, 3.63) is 24.2 Å². The summed E-state index contributed by atoms with van der Waals surface area (Å²) in [5.74, 6) is -0.496. The van der Waals surface area contributed by atoms with E-state index in [2.05, 4.69) is 5.32 Å². The Balaban J connectivity index is 1.61. The number of fused-ring (bicyclic) bond motifs is 1. The molecule has 1 aliphatic carbocycles. The fourth-order valence-corrected chi connectivity index (χ4v) is 3.43. The van der Waals surface area contributed by atoms with Gasteiger partial charge in [0.2, 0.25) is 17.7 Å². The van der Waals surface area contributed by atoms with Gasteiger partial charge in [-0.3, -0.25) is 19.3 Å². The van der Waals surface area contributed by atoms with E-state index in [9.17, 15) is 14.4 Å². The lowest BCUT2D eigenvalue weighted by molar-refractivity contribution is -0.143. The van der Waals surface area contributed by atoms with Crippen molar-refractivity contribution >= 4 is 17.7 Å². The Labute approximate surface area is 128 Å². The molecule has 0 radical (unpaired) electrons. The highest BCUT2D eigenvalue weighted by Gasteiger charge is 2.48. The zero-order valence-corrected chi connectivity index (χ0v) is 12.6. The minimum Gasteiger partial charge on any atom is -0.467 e. The highest BCUT2D eigenvalue weighted by atomic mass is 16.3. The molecule has 3 atom stereocenters. The molecule has 1 aromatic heterocycles. The van der Waals surface area contributed by atoms with Gasteiger partial charge in [0.05, 0.1) is 24.1 Å². The second-order valence-electron chi connectivity index (χ2n) is 6.06. The lowest BCUT2D eigenvalue weighted by Gasteiger charge is -2.19. The SMILES string of the molecule is CC(NC(=O)CN1C(=O)C2CCCCC2C1=O)c1ccco1. The molecule has 3 unspecified atom stereocenters. The van der Waals surface area contributed by atoms with Crippen molar-refractivity contribution in [2.24, 2.45) is 11.8 Å². The van der Waals surface area contributed by atoms with E-state index in [1.807, 2.05) is 0 Å². The molecule has 1 aliphatic heterocycles. The van der Waals surface area contributed by atoms with Crippen molar-refractivity contribution in [2.45, 2.75) is 38.6 Å². The number of likely N-dealkylation sites (tertiary alicyclic amines) is 1. The minimum atomic E-state index is -0.343. The van der Waals surface area contributed by atoms with Gasteiger partial charge in [0, 0.05) is 0 Å². The van der Waals surface area contributed by atoms with Gasteiger partial charge in [-0.1, -0.05) is 12.8 Å². The third-order valence-electron chi connectivity index (χ3n) is 4.58. The number of rotatable bonds is 4. The van der Waals surface area contributed by atoms with Crippen LogP contribution in [-0.4, -0.2) is 29.2 Å². The van der Waals surface area contributed by atoms with E-state index in [1.165, 1.54) is 6.26 Å². The predicted octanol–water partition coefficient (Wildman–Crippen LogP) is 1.63. The van der Waals surface area contributed by atoms with Crippen LogP contribution in [-0.2, 0) is 14.4 Å². The zero-order valence-electron chi connectivity index (χ0n) is 12.6. The number of furan rings is 1. The van der Waals surface area contributed by atoms with Crippen molar-refractivity contribution in [2.75, 3.05) is 6.54 Å². The first-order valence-electron chi connectivity index (χ1n) is 7.76. The Morgan fingerprint density at radius 2 is 1.95 bits per heavy atom. The average molecular weight is 304 g/mol. The summed E-state index contributed by atoms with van der Waals surface area (Å²) in [6, 6.07) is 3.22. The van der Waals surface area contributed by atoms with Gasteiger partial charge in [-0.25, -0.2) is 0 Å². The van der Waals surface area contributed by atoms with E-state index < -0.39 is 0 Å². The summed E-state index contributed by atoms with van der Waals surface area (Å²) in [7, 11) is 0. The molecule has 1 saturated heterocycles. The number of nitrogens with zero attached hydrogens (tertiary/aromatic N) is 1. The third kappa shape index (κ3) is 2.65. The molecule has 1 N–H and O–H groups in total. The highest BCUT2D eigenvalue weighted by Crippen LogP contribution is 2.37. The van der Waals surface area contributed by atoms with Crippen molar-refractivity contribution < 1.29 is 18.8 Å². The molecule has 2 aliphatic rings. The Hall–Kier alpha value is -2.11. The topological polar surface area (TPSA) is 79.6 Å². The van der Waals surface area contributed by atoms with E-state index in [0.717, 1.165) is 30.6 Å². The first-order valence-corrected chi connectivity index (χ1v) is 7.76. The van der Waals surface area contributed by atoms with Crippen molar-refractivity contribution in [1.29, 1.82) is 0 Å². The average Bonchev–Trinajstić information content (AvgIpc) is 3.12. The largest absolute Gasteiger partial charge is 0.467 e. The van der Waals surface area contributed by atoms with Crippen LogP contribution in [0.3, 0.4) is 0 Å². The number of amides is 3. The molecule has 1 aromatic rings. The van der Waals surface area contributed by atoms with Crippen LogP contribution in [0, 0.1) is 11.8 Å². The summed E-state index contributed by atoms with van der Waals surface area (Å²) in [5.41, 5.74) is 0. The van der Waals surface area contributed by atoms with Crippen LogP contribution < -0.4 is 5.32 Å². The van der Waals surface area contributed by atoms with Crippen LogP contribution in [0.5, 0.6) is 0 Å². The van der Waals surface area contributed by atoms with Gasteiger partial charge in [0.1, 0.15) is 12.3 Å². The monoisotopic (exact) mass is 304 g/mol. The lowest BCUT2D eigenvalue weighted by atomic mass is 9.81. The molecule has 6 nitrogen and oxygen atoms in total. The molecule has 1 saturated carbocycles. The summed E-state index contributed by atoms with van der Waals surface area (Å²) in [4.78, 5) is 37.8.